The second kappa shape index (κ2) is 6.96. The quantitative estimate of drug-likeness (QED) is 0.715. The summed E-state index contributed by atoms with van der Waals surface area (Å²) in [5.74, 6) is 2.04. The van der Waals surface area contributed by atoms with Crippen molar-refractivity contribution in [1.82, 2.24) is 5.32 Å². The van der Waals surface area contributed by atoms with E-state index in [-0.39, 0.29) is 0 Å². The Kier molecular flexibility index (Phi) is 5.48. The molecule has 0 radical (unpaired) electrons. The SMILES string of the molecule is CCNC1CC(C)CCc2c(C(C)C)cc(C(C)C)cc21. The van der Waals surface area contributed by atoms with E-state index in [9.17, 15) is 0 Å². The Hall–Kier alpha value is -0.820. The Morgan fingerprint density at radius 1 is 1.14 bits per heavy atom. The van der Waals surface area contributed by atoms with Gasteiger partial charge in [0, 0.05) is 6.04 Å². The lowest BCUT2D eigenvalue weighted by Gasteiger charge is -2.25. The zero-order chi connectivity index (χ0) is 15.6. The normalized spacial score (nSPS) is 22.5. The predicted molar refractivity (Wildman–Crippen MR) is 93.1 cm³/mol. The smallest absolute Gasteiger partial charge is 0.0325 e. The summed E-state index contributed by atoms with van der Waals surface area (Å²) in [6.07, 6.45) is 3.86. The monoisotopic (exact) mass is 287 g/mol. The summed E-state index contributed by atoms with van der Waals surface area (Å²) in [7, 11) is 0. The average Bonchev–Trinajstić information content (AvgIpc) is 2.58. The van der Waals surface area contributed by atoms with Crippen LogP contribution in [0.3, 0.4) is 0 Å². The third-order valence-electron chi connectivity index (χ3n) is 4.98. The summed E-state index contributed by atoms with van der Waals surface area (Å²) in [6.45, 7) is 15.0. The van der Waals surface area contributed by atoms with Crippen LogP contribution in [0.5, 0.6) is 0 Å². The molecule has 1 nitrogen and oxygen atoms in total. The molecule has 0 aliphatic heterocycles. The van der Waals surface area contributed by atoms with Gasteiger partial charge in [-0.1, -0.05) is 53.7 Å². The molecule has 0 aromatic heterocycles. The Bertz CT molecular complexity index is 473. The summed E-state index contributed by atoms with van der Waals surface area (Å²) in [4.78, 5) is 0. The molecule has 2 rings (SSSR count). The summed E-state index contributed by atoms with van der Waals surface area (Å²) in [6, 6.07) is 5.52. The van der Waals surface area contributed by atoms with Crippen molar-refractivity contribution in [3.05, 3.63) is 34.4 Å². The topological polar surface area (TPSA) is 12.0 Å². The highest BCUT2D eigenvalue weighted by Gasteiger charge is 2.25. The van der Waals surface area contributed by atoms with Gasteiger partial charge in [-0.2, -0.15) is 0 Å². The summed E-state index contributed by atoms with van der Waals surface area (Å²) < 4.78 is 0. The summed E-state index contributed by atoms with van der Waals surface area (Å²) in [5.41, 5.74) is 6.34. The Labute approximate surface area is 131 Å². The number of nitrogens with one attached hydrogen (secondary N) is 1. The maximum atomic E-state index is 3.74. The van der Waals surface area contributed by atoms with Crippen molar-refractivity contribution in [3.8, 4) is 0 Å². The fourth-order valence-electron chi connectivity index (χ4n) is 3.67. The largest absolute Gasteiger partial charge is 0.310 e. The van der Waals surface area contributed by atoms with Crippen LogP contribution in [0.25, 0.3) is 0 Å². The number of hydrogen-bond acceptors (Lipinski definition) is 1. The fourth-order valence-corrected chi connectivity index (χ4v) is 3.67. The van der Waals surface area contributed by atoms with Gasteiger partial charge >= 0.3 is 0 Å². The molecule has 0 saturated heterocycles. The van der Waals surface area contributed by atoms with Crippen LogP contribution in [-0.2, 0) is 6.42 Å². The van der Waals surface area contributed by atoms with E-state index < -0.39 is 0 Å². The molecule has 2 atom stereocenters. The molecule has 1 heteroatoms. The van der Waals surface area contributed by atoms with E-state index in [1.54, 1.807) is 16.7 Å². The molecule has 1 aliphatic rings. The van der Waals surface area contributed by atoms with Gasteiger partial charge in [-0.25, -0.2) is 0 Å². The van der Waals surface area contributed by atoms with Crippen LogP contribution in [0.4, 0.5) is 0 Å². The number of hydrogen-bond donors (Lipinski definition) is 1. The van der Waals surface area contributed by atoms with Gasteiger partial charge in [0.1, 0.15) is 0 Å². The van der Waals surface area contributed by atoms with E-state index in [0.717, 1.165) is 12.5 Å². The van der Waals surface area contributed by atoms with Crippen molar-refractivity contribution in [2.24, 2.45) is 5.92 Å². The van der Waals surface area contributed by atoms with E-state index >= 15 is 0 Å². The minimum atomic E-state index is 0.540. The van der Waals surface area contributed by atoms with E-state index in [0.29, 0.717) is 17.9 Å². The molecule has 118 valence electrons. The maximum Gasteiger partial charge on any atom is 0.0325 e. The van der Waals surface area contributed by atoms with Gasteiger partial charge in [0.25, 0.3) is 0 Å². The van der Waals surface area contributed by atoms with E-state index in [2.05, 4.69) is 59.0 Å². The van der Waals surface area contributed by atoms with Crippen LogP contribution in [0.2, 0.25) is 0 Å². The zero-order valence-corrected chi connectivity index (χ0v) is 14.8. The molecule has 1 aromatic carbocycles. The Morgan fingerprint density at radius 3 is 2.43 bits per heavy atom. The Balaban J connectivity index is 2.56. The van der Waals surface area contributed by atoms with Crippen molar-refractivity contribution in [2.45, 2.75) is 78.7 Å². The molecule has 0 fully saturated rings. The van der Waals surface area contributed by atoms with Gasteiger partial charge in [-0.3, -0.25) is 0 Å². The molecular formula is C20H33N. The van der Waals surface area contributed by atoms with Crippen LogP contribution in [0, 0.1) is 5.92 Å². The number of rotatable bonds is 4. The lowest BCUT2D eigenvalue weighted by molar-refractivity contribution is 0.414. The summed E-state index contributed by atoms with van der Waals surface area (Å²) in [5, 5.41) is 3.74. The van der Waals surface area contributed by atoms with Crippen LogP contribution in [-0.4, -0.2) is 6.54 Å². The minimum Gasteiger partial charge on any atom is -0.310 e. The lowest BCUT2D eigenvalue weighted by atomic mass is 9.85. The average molecular weight is 287 g/mol. The fraction of sp³-hybridized carbons (Fsp3) is 0.700. The molecule has 21 heavy (non-hydrogen) atoms. The summed E-state index contributed by atoms with van der Waals surface area (Å²) >= 11 is 0. The van der Waals surface area contributed by atoms with Crippen molar-refractivity contribution in [3.63, 3.8) is 0 Å². The van der Waals surface area contributed by atoms with Crippen molar-refractivity contribution < 1.29 is 0 Å². The second-order valence-electron chi connectivity index (χ2n) is 7.48. The van der Waals surface area contributed by atoms with Gasteiger partial charge in [0.2, 0.25) is 0 Å². The van der Waals surface area contributed by atoms with Crippen LogP contribution in [0.15, 0.2) is 12.1 Å². The highest BCUT2D eigenvalue weighted by atomic mass is 14.9. The van der Waals surface area contributed by atoms with E-state index in [1.165, 1.54) is 24.8 Å². The molecular weight excluding hydrogens is 254 g/mol. The van der Waals surface area contributed by atoms with Gasteiger partial charge in [-0.15, -0.1) is 0 Å². The molecule has 1 N–H and O–H groups in total. The molecule has 0 saturated carbocycles. The third-order valence-corrected chi connectivity index (χ3v) is 4.98. The van der Waals surface area contributed by atoms with E-state index in [1.807, 2.05) is 0 Å². The van der Waals surface area contributed by atoms with Gasteiger partial charge < -0.3 is 5.32 Å². The molecule has 0 bridgehead atoms. The van der Waals surface area contributed by atoms with Crippen molar-refractivity contribution in [2.75, 3.05) is 6.54 Å². The third kappa shape index (κ3) is 3.69. The molecule has 1 aromatic rings. The molecule has 1 aliphatic carbocycles. The van der Waals surface area contributed by atoms with Gasteiger partial charge in [0.05, 0.1) is 0 Å². The predicted octanol–water partition coefficient (Wildman–Crippen LogP) is 5.56. The first-order chi connectivity index (χ1) is 9.93. The number of fused-ring (bicyclic) bond motifs is 1. The van der Waals surface area contributed by atoms with Crippen LogP contribution < -0.4 is 5.32 Å². The lowest BCUT2D eigenvalue weighted by Crippen LogP contribution is -2.23. The van der Waals surface area contributed by atoms with Gasteiger partial charge in [-0.05, 0) is 65.8 Å². The molecule has 2 unspecified atom stereocenters. The molecule has 0 spiro atoms. The number of benzene rings is 1. The second-order valence-corrected chi connectivity index (χ2v) is 7.48. The van der Waals surface area contributed by atoms with Crippen molar-refractivity contribution >= 4 is 0 Å². The van der Waals surface area contributed by atoms with Crippen LogP contribution >= 0.6 is 0 Å². The first-order valence-electron chi connectivity index (χ1n) is 8.84. The highest BCUT2D eigenvalue weighted by Crippen LogP contribution is 2.38. The maximum absolute atomic E-state index is 3.74. The first kappa shape index (κ1) is 16.5. The van der Waals surface area contributed by atoms with Crippen LogP contribution in [0.1, 0.15) is 94.5 Å². The Morgan fingerprint density at radius 2 is 1.86 bits per heavy atom. The molecule has 0 amide bonds. The minimum absolute atomic E-state index is 0.540. The van der Waals surface area contributed by atoms with Crippen molar-refractivity contribution in [1.29, 1.82) is 0 Å². The zero-order valence-electron chi connectivity index (χ0n) is 14.8. The standard InChI is InChI=1S/C20H33N/c1-7-21-20-10-15(6)8-9-17-18(14(4)5)11-16(13(2)3)12-19(17)20/h11-15,20-21H,7-10H2,1-6H3. The molecule has 0 heterocycles. The van der Waals surface area contributed by atoms with Gasteiger partial charge in [0.15, 0.2) is 0 Å². The first-order valence-corrected chi connectivity index (χ1v) is 8.84. The highest BCUT2D eigenvalue weighted by molar-refractivity contribution is 5.44. The van der Waals surface area contributed by atoms with E-state index in [4.69, 9.17) is 0 Å².